The molecule has 0 saturated heterocycles. The summed E-state index contributed by atoms with van der Waals surface area (Å²) in [5, 5.41) is 0. The lowest BCUT2D eigenvalue weighted by Crippen LogP contribution is -2.15. The van der Waals surface area contributed by atoms with Crippen molar-refractivity contribution in [3.05, 3.63) is 29.1 Å². The van der Waals surface area contributed by atoms with Gasteiger partial charge in [0.25, 0.3) is 0 Å². The number of rotatable bonds is 3. The smallest absolute Gasteiger partial charge is 0.344 e. The molecule has 1 aromatic rings. The van der Waals surface area contributed by atoms with E-state index in [4.69, 9.17) is 4.74 Å². The van der Waals surface area contributed by atoms with Gasteiger partial charge in [0.05, 0.1) is 13.2 Å². The first kappa shape index (κ1) is 16.5. The Kier molecular flexibility index (Phi) is 6.49. The van der Waals surface area contributed by atoms with Crippen LogP contribution in [0.3, 0.4) is 0 Å². The van der Waals surface area contributed by atoms with Crippen LogP contribution in [0.2, 0.25) is 0 Å². The Hall–Kier alpha value is -1.58. The quantitative estimate of drug-likeness (QED) is 0.777. The van der Waals surface area contributed by atoms with E-state index in [9.17, 15) is 9.18 Å². The molecule has 1 aliphatic rings. The first-order valence-corrected chi connectivity index (χ1v) is 7.17. The highest BCUT2D eigenvalue weighted by Gasteiger charge is 2.23. The molecule has 0 N–H and O–H groups in total. The molecular weight excluding hydrogens is 259 g/mol. The topological polar surface area (TPSA) is 35.5 Å². The molecule has 0 radical (unpaired) electrons. The van der Waals surface area contributed by atoms with Crippen LogP contribution >= 0.6 is 0 Å². The summed E-state index contributed by atoms with van der Waals surface area (Å²) in [5.74, 6) is -0.985. The lowest BCUT2D eigenvalue weighted by atomic mass is 10.1. The largest absolute Gasteiger partial charge is 0.489 e. The van der Waals surface area contributed by atoms with Gasteiger partial charge in [-0.1, -0.05) is 13.8 Å². The maximum absolute atomic E-state index is 13.8. The molecule has 0 aliphatic heterocycles. The number of halogens is 1. The van der Waals surface area contributed by atoms with Crippen LogP contribution in [-0.2, 0) is 4.74 Å². The molecule has 4 heteroatoms. The monoisotopic (exact) mass is 282 g/mol. The summed E-state index contributed by atoms with van der Waals surface area (Å²) in [4.78, 5) is 11.6. The molecule has 0 heterocycles. The van der Waals surface area contributed by atoms with E-state index in [1.165, 1.54) is 13.2 Å². The fraction of sp³-hybridized carbons (Fsp3) is 0.562. The summed E-state index contributed by atoms with van der Waals surface area (Å²) in [7, 11) is 1.24. The molecule has 1 aliphatic carbocycles. The molecule has 0 bridgehead atoms. The Bertz CT molecular complexity index is 451. The molecule has 0 unspecified atom stereocenters. The third-order valence-electron chi connectivity index (χ3n) is 3.18. The van der Waals surface area contributed by atoms with Crippen LogP contribution in [0.1, 0.15) is 55.5 Å². The van der Waals surface area contributed by atoms with Crippen LogP contribution in [0.5, 0.6) is 5.75 Å². The van der Waals surface area contributed by atoms with Gasteiger partial charge in [-0.2, -0.15) is 0 Å². The van der Waals surface area contributed by atoms with Crippen LogP contribution in [0, 0.1) is 12.7 Å². The molecule has 0 atom stereocenters. The number of aryl methyl sites for hydroxylation is 1. The van der Waals surface area contributed by atoms with Crippen LogP contribution in [-0.4, -0.2) is 19.2 Å². The van der Waals surface area contributed by atoms with Crippen molar-refractivity contribution in [2.75, 3.05) is 7.11 Å². The minimum absolute atomic E-state index is 0.0783. The first-order valence-electron chi connectivity index (χ1n) is 7.17. The van der Waals surface area contributed by atoms with Gasteiger partial charge in [-0.3, -0.25) is 0 Å². The van der Waals surface area contributed by atoms with Crippen molar-refractivity contribution in [2.24, 2.45) is 0 Å². The summed E-state index contributed by atoms with van der Waals surface area (Å²) in [5.41, 5.74) is 0.628. The molecule has 20 heavy (non-hydrogen) atoms. The SMILES string of the molecule is CC.COC(=O)c1c(F)cc(C)cc1OC1CCCC1. The molecule has 112 valence electrons. The number of hydrogen-bond acceptors (Lipinski definition) is 3. The highest BCUT2D eigenvalue weighted by molar-refractivity contribution is 5.92. The Morgan fingerprint density at radius 2 is 1.85 bits per heavy atom. The molecule has 3 nitrogen and oxygen atoms in total. The standard InChI is InChI=1S/C14H17FO3.C2H6/c1-9-7-11(15)13(14(16)17-2)12(8-9)18-10-5-3-4-6-10;1-2/h7-8,10H,3-6H2,1-2H3;1-2H3. The highest BCUT2D eigenvalue weighted by Crippen LogP contribution is 2.29. The summed E-state index contributed by atoms with van der Waals surface area (Å²) < 4.78 is 24.2. The van der Waals surface area contributed by atoms with Gasteiger partial charge in [0.1, 0.15) is 17.1 Å². The van der Waals surface area contributed by atoms with Crippen molar-refractivity contribution in [1.29, 1.82) is 0 Å². The predicted molar refractivity (Wildman–Crippen MR) is 76.7 cm³/mol. The number of hydrogen-bond donors (Lipinski definition) is 0. The zero-order chi connectivity index (χ0) is 15.1. The molecule has 2 rings (SSSR count). The van der Waals surface area contributed by atoms with E-state index in [-0.39, 0.29) is 11.7 Å². The van der Waals surface area contributed by atoms with Gasteiger partial charge < -0.3 is 9.47 Å². The van der Waals surface area contributed by atoms with E-state index in [2.05, 4.69) is 4.74 Å². The third kappa shape index (κ3) is 3.95. The van der Waals surface area contributed by atoms with Crippen molar-refractivity contribution >= 4 is 5.97 Å². The third-order valence-corrected chi connectivity index (χ3v) is 3.18. The fourth-order valence-corrected chi connectivity index (χ4v) is 2.29. The Labute approximate surface area is 120 Å². The predicted octanol–water partition coefficient (Wildman–Crippen LogP) is 4.27. The van der Waals surface area contributed by atoms with Gasteiger partial charge in [-0.05, 0) is 50.3 Å². The van der Waals surface area contributed by atoms with Crippen LogP contribution in [0.15, 0.2) is 12.1 Å². The van der Waals surface area contributed by atoms with Crippen LogP contribution in [0.4, 0.5) is 4.39 Å². The van der Waals surface area contributed by atoms with E-state index in [0.717, 1.165) is 31.2 Å². The normalized spacial score (nSPS) is 14.4. The summed E-state index contributed by atoms with van der Waals surface area (Å²) >= 11 is 0. The number of esters is 1. The van der Waals surface area contributed by atoms with Gasteiger partial charge >= 0.3 is 5.97 Å². The second-order valence-corrected chi connectivity index (χ2v) is 4.64. The summed E-state index contributed by atoms with van der Waals surface area (Å²) in [6.07, 6.45) is 4.22. The Morgan fingerprint density at radius 3 is 2.40 bits per heavy atom. The number of ether oxygens (including phenoxy) is 2. The van der Waals surface area contributed by atoms with Crippen LogP contribution < -0.4 is 4.74 Å². The molecular formula is C16H23FO3. The molecule has 0 spiro atoms. The zero-order valence-electron chi connectivity index (χ0n) is 12.7. The summed E-state index contributed by atoms with van der Waals surface area (Å²) in [6, 6.07) is 3.00. The van der Waals surface area contributed by atoms with Crippen molar-refractivity contribution in [1.82, 2.24) is 0 Å². The van der Waals surface area contributed by atoms with Gasteiger partial charge in [0, 0.05) is 0 Å². The number of carbonyl (C=O) groups is 1. The number of carbonyl (C=O) groups excluding carboxylic acids is 1. The van der Waals surface area contributed by atoms with Crippen molar-refractivity contribution in [3.8, 4) is 5.75 Å². The average molecular weight is 282 g/mol. The number of benzene rings is 1. The minimum atomic E-state index is -0.694. The maximum Gasteiger partial charge on any atom is 0.344 e. The highest BCUT2D eigenvalue weighted by atomic mass is 19.1. The Morgan fingerprint density at radius 1 is 1.25 bits per heavy atom. The first-order chi connectivity index (χ1) is 9.61. The molecule has 0 amide bonds. The van der Waals surface area contributed by atoms with E-state index in [0.29, 0.717) is 5.75 Å². The second-order valence-electron chi connectivity index (χ2n) is 4.64. The van der Waals surface area contributed by atoms with Gasteiger partial charge in [0.15, 0.2) is 0 Å². The number of methoxy groups -OCH3 is 1. The molecule has 1 aromatic carbocycles. The fourth-order valence-electron chi connectivity index (χ4n) is 2.29. The van der Waals surface area contributed by atoms with Crippen molar-refractivity contribution in [2.45, 2.75) is 52.6 Å². The molecule has 1 fully saturated rings. The van der Waals surface area contributed by atoms with Gasteiger partial charge in [-0.15, -0.1) is 0 Å². The van der Waals surface area contributed by atoms with E-state index in [1.807, 2.05) is 13.8 Å². The zero-order valence-corrected chi connectivity index (χ0v) is 12.7. The second kappa shape index (κ2) is 7.88. The van der Waals surface area contributed by atoms with E-state index in [1.54, 1.807) is 13.0 Å². The molecule has 1 saturated carbocycles. The van der Waals surface area contributed by atoms with Crippen LogP contribution in [0.25, 0.3) is 0 Å². The van der Waals surface area contributed by atoms with Gasteiger partial charge in [-0.25, -0.2) is 9.18 Å². The minimum Gasteiger partial charge on any atom is -0.489 e. The lowest BCUT2D eigenvalue weighted by Gasteiger charge is -2.16. The Balaban J connectivity index is 0.000000956. The van der Waals surface area contributed by atoms with E-state index < -0.39 is 11.8 Å². The lowest BCUT2D eigenvalue weighted by molar-refractivity contribution is 0.0587. The maximum atomic E-state index is 13.8. The average Bonchev–Trinajstić information content (AvgIpc) is 2.92. The van der Waals surface area contributed by atoms with Crippen molar-refractivity contribution < 1.29 is 18.7 Å². The molecule has 0 aromatic heterocycles. The van der Waals surface area contributed by atoms with Crippen molar-refractivity contribution in [3.63, 3.8) is 0 Å². The van der Waals surface area contributed by atoms with E-state index >= 15 is 0 Å². The van der Waals surface area contributed by atoms with Gasteiger partial charge in [0.2, 0.25) is 0 Å². The summed E-state index contributed by atoms with van der Waals surface area (Å²) in [6.45, 7) is 5.77.